The van der Waals surface area contributed by atoms with E-state index in [9.17, 15) is 18.5 Å². The van der Waals surface area contributed by atoms with Crippen LogP contribution in [0.4, 0.5) is 5.69 Å². The summed E-state index contributed by atoms with van der Waals surface area (Å²) in [5, 5.41) is 10.6. The lowest BCUT2D eigenvalue weighted by molar-refractivity contribution is -0.909. The number of hydrogen-bond acceptors (Lipinski definition) is 4. The molecule has 0 amide bonds. The predicted octanol–water partition coefficient (Wildman–Crippen LogP) is -0.0597. The van der Waals surface area contributed by atoms with Crippen molar-refractivity contribution in [3.05, 3.63) is 34.4 Å². The van der Waals surface area contributed by atoms with E-state index in [4.69, 9.17) is 0 Å². The number of benzene rings is 1. The van der Waals surface area contributed by atoms with E-state index in [1.165, 1.54) is 29.2 Å². The summed E-state index contributed by atoms with van der Waals surface area (Å²) < 4.78 is 27.0. The number of nitro benzene ring substituents is 1. The first-order valence-corrected chi connectivity index (χ1v) is 8.51. The number of quaternary nitrogens is 1. The molecule has 1 aliphatic heterocycles. The molecule has 0 aliphatic carbocycles. The van der Waals surface area contributed by atoms with E-state index in [-0.39, 0.29) is 10.6 Å². The van der Waals surface area contributed by atoms with E-state index >= 15 is 0 Å². The fraction of sp³-hybridized carbons (Fsp3) is 0.538. The van der Waals surface area contributed by atoms with Gasteiger partial charge in [-0.05, 0) is 19.1 Å². The Labute approximate surface area is 124 Å². The molecule has 0 saturated carbocycles. The molecule has 0 bridgehead atoms. The second kappa shape index (κ2) is 6.50. The molecule has 7 nitrogen and oxygen atoms in total. The van der Waals surface area contributed by atoms with E-state index in [2.05, 4.69) is 11.6 Å². The first-order chi connectivity index (χ1) is 9.94. The number of nitrogens with one attached hydrogen (secondary N) is 2. The van der Waals surface area contributed by atoms with Gasteiger partial charge in [-0.2, -0.15) is 0 Å². The number of nitrogens with zero attached hydrogens (tertiary/aromatic N) is 1. The lowest BCUT2D eigenvalue weighted by Gasteiger charge is -2.20. The Balaban J connectivity index is 2.02. The number of sulfonamides is 1. The van der Waals surface area contributed by atoms with E-state index in [0.717, 1.165) is 25.9 Å². The third kappa shape index (κ3) is 3.78. The van der Waals surface area contributed by atoms with Crippen molar-refractivity contribution in [3.8, 4) is 0 Å². The molecular formula is C13H20N3O4S+. The summed E-state index contributed by atoms with van der Waals surface area (Å²) in [7, 11) is -3.61. The van der Waals surface area contributed by atoms with Crippen molar-refractivity contribution in [2.75, 3.05) is 19.6 Å². The van der Waals surface area contributed by atoms with Gasteiger partial charge in [0.25, 0.3) is 5.69 Å². The number of likely N-dealkylation sites (tertiary alicyclic amines) is 1. The third-order valence-electron chi connectivity index (χ3n) is 3.96. The highest BCUT2D eigenvalue weighted by atomic mass is 32.2. The van der Waals surface area contributed by atoms with Gasteiger partial charge in [-0.1, -0.05) is 0 Å². The molecule has 116 valence electrons. The number of nitro groups is 1. The van der Waals surface area contributed by atoms with E-state index in [1.807, 2.05) is 0 Å². The van der Waals surface area contributed by atoms with Crippen LogP contribution in [0.25, 0.3) is 0 Å². The Kier molecular flexibility index (Phi) is 4.92. The smallest absolute Gasteiger partial charge is 0.269 e. The van der Waals surface area contributed by atoms with E-state index in [1.54, 1.807) is 0 Å². The molecule has 21 heavy (non-hydrogen) atoms. The van der Waals surface area contributed by atoms with Crippen LogP contribution in [0.15, 0.2) is 29.2 Å². The summed E-state index contributed by atoms with van der Waals surface area (Å²) in [5.41, 5.74) is -0.119. The molecule has 2 rings (SSSR count). The summed E-state index contributed by atoms with van der Waals surface area (Å²) in [6.07, 6.45) is 2.14. The van der Waals surface area contributed by atoms with Gasteiger partial charge in [-0.15, -0.1) is 0 Å². The van der Waals surface area contributed by atoms with E-state index < -0.39 is 14.9 Å². The Hall–Kier alpha value is -1.51. The largest absolute Gasteiger partial charge is 0.332 e. The molecule has 0 radical (unpaired) electrons. The molecular weight excluding hydrogens is 294 g/mol. The topological polar surface area (TPSA) is 93.8 Å². The summed E-state index contributed by atoms with van der Waals surface area (Å²) in [4.78, 5) is 11.5. The minimum Gasteiger partial charge on any atom is -0.332 e. The third-order valence-corrected chi connectivity index (χ3v) is 5.40. The van der Waals surface area contributed by atoms with Gasteiger partial charge in [0.2, 0.25) is 10.0 Å². The molecule has 2 atom stereocenters. The zero-order valence-electron chi connectivity index (χ0n) is 11.9. The molecule has 8 heteroatoms. The van der Waals surface area contributed by atoms with Crippen molar-refractivity contribution in [2.24, 2.45) is 0 Å². The molecule has 2 unspecified atom stereocenters. The van der Waals surface area contributed by atoms with Crippen molar-refractivity contribution in [3.63, 3.8) is 0 Å². The minimum atomic E-state index is -3.61. The van der Waals surface area contributed by atoms with Gasteiger partial charge >= 0.3 is 0 Å². The van der Waals surface area contributed by atoms with Gasteiger partial charge in [0.15, 0.2) is 0 Å². The average Bonchev–Trinajstić information content (AvgIpc) is 2.93. The van der Waals surface area contributed by atoms with Gasteiger partial charge in [-0.25, -0.2) is 13.1 Å². The zero-order valence-corrected chi connectivity index (χ0v) is 12.7. The Morgan fingerprint density at radius 2 is 2.05 bits per heavy atom. The van der Waals surface area contributed by atoms with Gasteiger partial charge in [0, 0.05) is 25.0 Å². The fourth-order valence-corrected chi connectivity index (χ4v) is 3.82. The maximum Gasteiger partial charge on any atom is 0.269 e. The van der Waals surface area contributed by atoms with Crippen LogP contribution in [-0.4, -0.2) is 39.0 Å². The van der Waals surface area contributed by atoms with Gasteiger partial charge in [0.05, 0.1) is 29.5 Å². The molecule has 1 heterocycles. The van der Waals surface area contributed by atoms with Crippen molar-refractivity contribution in [1.29, 1.82) is 0 Å². The summed E-state index contributed by atoms with van der Waals surface area (Å²) in [6.45, 7) is 4.57. The average molecular weight is 314 g/mol. The standard InChI is InChI=1S/C13H19N3O4S/c1-2-15-9-3-4-12(15)10-14-21(19,20)13-7-5-11(6-8-13)16(17)18/h5-8,12,14H,2-4,9-10H2,1H3/p+1. The second-order valence-corrected chi connectivity index (χ2v) is 6.97. The van der Waals surface area contributed by atoms with Crippen molar-refractivity contribution in [1.82, 2.24) is 4.72 Å². The van der Waals surface area contributed by atoms with Crippen LogP contribution in [0.3, 0.4) is 0 Å². The summed E-state index contributed by atoms with van der Waals surface area (Å²) >= 11 is 0. The van der Waals surface area contributed by atoms with Crippen LogP contribution >= 0.6 is 0 Å². The van der Waals surface area contributed by atoms with Crippen LogP contribution in [0.2, 0.25) is 0 Å². The zero-order chi connectivity index (χ0) is 15.5. The van der Waals surface area contributed by atoms with Crippen molar-refractivity contribution in [2.45, 2.75) is 30.7 Å². The Bertz CT molecular complexity index is 600. The number of non-ortho nitro benzene ring substituents is 1. The molecule has 1 aromatic rings. The van der Waals surface area contributed by atoms with Crippen LogP contribution < -0.4 is 9.62 Å². The maximum absolute atomic E-state index is 12.2. The van der Waals surface area contributed by atoms with Crippen LogP contribution in [0.1, 0.15) is 19.8 Å². The van der Waals surface area contributed by atoms with Gasteiger partial charge < -0.3 is 4.90 Å². The van der Waals surface area contributed by atoms with Crippen molar-refractivity contribution < 1.29 is 18.2 Å². The van der Waals surface area contributed by atoms with Gasteiger partial charge in [-0.3, -0.25) is 10.1 Å². The molecule has 1 fully saturated rings. The molecule has 1 aliphatic rings. The van der Waals surface area contributed by atoms with E-state index in [0.29, 0.717) is 12.6 Å². The summed E-state index contributed by atoms with van der Waals surface area (Å²) in [6, 6.07) is 5.24. The molecule has 1 saturated heterocycles. The lowest BCUT2D eigenvalue weighted by atomic mass is 10.2. The molecule has 0 spiro atoms. The number of likely N-dealkylation sites (N-methyl/N-ethyl adjacent to an activating group) is 1. The number of rotatable bonds is 6. The highest BCUT2D eigenvalue weighted by Gasteiger charge is 2.28. The first kappa shape index (κ1) is 15.9. The SMILES string of the molecule is CC[NH+]1CCCC1CNS(=O)(=O)c1ccc([N+](=O)[O-])cc1. The molecule has 2 N–H and O–H groups in total. The van der Waals surface area contributed by atoms with Crippen LogP contribution in [0, 0.1) is 10.1 Å². The first-order valence-electron chi connectivity index (χ1n) is 7.02. The second-order valence-electron chi connectivity index (χ2n) is 5.20. The number of hydrogen-bond donors (Lipinski definition) is 2. The fourth-order valence-electron chi connectivity index (χ4n) is 2.74. The Morgan fingerprint density at radius 1 is 1.38 bits per heavy atom. The van der Waals surface area contributed by atoms with Crippen molar-refractivity contribution >= 4 is 15.7 Å². The van der Waals surface area contributed by atoms with Crippen LogP contribution in [-0.2, 0) is 10.0 Å². The summed E-state index contributed by atoms with van der Waals surface area (Å²) in [5.74, 6) is 0. The molecule has 0 aromatic heterocycles. The lowest BCUT2D eigenvalue weighted by Crippen LogP contribution is -3.14. The Morgan fingerprint density at radius 3 is 2.62 bits per heavy atom. The normalized spacial score (nSPS) is 22.3. The monoisotopic (exact) mass is 314 g/mol. The van der Waals surface area contributed by atoms with Gasteiger partial charge in [0.1, 0.15) is 6.04 Å². The maximum atomic E-state index is 12.2. The highest BCUT2D eigenvalue weighted by molar-refractivity contribution is 7.89. The predicted molar refractivity (Wildman–Crippen MR) is 77.7 cm³/mol. The van der Waals surface area contributed by atoms with Crippen LogP contribution in [0.5, 0.6) is 0 Å². The highest BCUT2D eigenvalue weighted by Crippen LogP contribution is 2.15. The quantitative estimate of drug-likeness (QED) is 0.568. The minimum absolute atomic E-state index is 0.0594. The molecule has 1 aromatic carbocycles.